The van der Waals surface area contributed by atoms with Crippen molar-refractivity contribution in [3.05, 3.63) is 29.8 Å². The smallest absolute Gasteiger partial charge is 0.193 e. The zero-order chi connectivity index (χ0) is 15.0. The van der Waals surface area contributed by atoms with Gasteiger partial charge in [0.05, 0.1) is 6.61 Å². The van der Waals surface area contributed by atoms with Gasteiger partial charge in [0.1, 0.15) is 0 Å². The molecule has 0 heterocycles. The summed E-state index contributed by atoms with van der Waals surface area (Å²) in [4.78, 5) is 4.37. The third-order valence-corrected chi connectivity index (χ3v) is 2.95. The van der Waals surface area contributed by atoms with Crippen molar-refractivity contribution in [2.45, 2.75) is 40.2 Å². The fourth-order valence-electron chi connectivity index (χ4n) is 1.91. The van der Waals surface area contributed by atoms with Crippen molar-refractivity contribution in [3.8, 4) is 0 Å². The fraction of sp³-hybridized carbons (Fsp3) is 0.562. The molecule has 1 rings (SSSR count). The average Bonchev–Trinajstić information content (AvgIpc) is 2.36. The summed E-state index contributed by atoms with van der Waals surface area (Å²) in [5.74, 6) is 0.461. The molecule has 1 aromatic rings. The second-order valence-electron chi connectivity index (χ2n) is 6.15. The van der Waals surface area contributed by atoms with Crippen LogP contribution in [0.25, 0.3) is 0 Å². The molecule has 112 valence electrons. The van der Waals surface area contributed by atoms with Gasteiger partial charge in [-0.2, -0.15) is 0 Å². The molecule has 0 amide bonds. The molecule has 0 fully saturated rings. The molecule has 4 nitrogen and oxygen atoms in total. The van der Waals surface area contributed by atoms with Crippen molar-refractivity contribution in [3.63, 3.8) is 0 Å². The number of guanidine groups is 1. The van der Waals surface area contributed by atoms with Crippen LogP contribution in [0.15, 0.2) is 29.3 Å². The van der Waals surface area contributed by atoms with Crippen LogP contribution in [0.3, 0.4) is 0 Å². The predicted molar refractivity (Wildman–Crippen MR) is 86.0 cm³/mol. The lowest BCUT2D eigenvalue weighted by atomic mass is 9.91. The summed E-state index contributed by atoms with van der Waals surface area (Å²) >= 11 is 0. The molecule has 0 radical (unpaired) electrons. The summed E-state index contributed by atoms with van der Waals surface area (Å²) in [6.07, 6.45) is 2.19. The molecule has 4 heteroatoms. The number of ether oxygens (including phenoxy) is 1. The minimum atomic E-state index is 0.350. The van der Waals surface area contributed by atoms with E-state index in [9.17, 15) is 0 Å². The molecule has 0 aliphatic rings. The van der Waals surface area contributed by atoms with Crippen molar-refractivity contribution in [1.29, 1.82) is 0 Å². The Morgan fingerprint density at radius 2 is 2.00 bits per heavy atom. The number of nitrogens with two attached hydrogens (primary N) is 1. The molecular formula is C16H27N3O. The van der Waals surface area contributed by atoms with Crippen molar-refractivity contribution >= 4 is 11.6 Å². The molecule has 0 aliphatic heterocycles. The predicted octanol–water partition coefficient (Wildman–Crippen LogP) is 3.39. The lowest BCUT2D eigenvalue weighted by molar-refractivity contribution is 0.185. The Hall–Kier alpha value is -1.55. The Bertz CT molecular complexity index is 436. The number of methoxy groups -OCH3 is 1. The Morgan fingerprint density at radius 3 is 2.65 bits per heavy atom. The first-order valence-electron chi connectivity index (χ1n) is 7.06. The van der Waals surface area contributed by atoms with E-state index < -0.39 is 0 Å². The minimum absolute atomic E-state index is 0.350. The Labute approximate surface area is 122 Å². The molecule has 20 heavy (non-hydrogen) atoms. The molecule has 0 bridgehead atoms. The molecule has 3 N–H and O–H groups in total. The van der Waals surface area contributed by atoms with Crippen LogP contribution in [0.1, 0.15) is 39.2 Å². The third-order valence-electron chi connectivity index (χ3n) is 2.95. The average molecular weight is 277 g/mol. The Balaban J connectivity index is 2.51. The normalized spacial score (nSPS) is 12.5. The van der Waals surface area contributed by atoms with E-state index in [1.54, 1.807) is 7.11 Å². The number of nitrogens with one attached hydrogen (secondary N) is 1. The quantitative estimate of drug-likeness (QED) is 0.476. The molecule has 0 aromatic heterocycles. The Kier molecular flexibility index (Phi) is 6.52. The van der Waals surface area contributed by atoms with Gasteiger partial charge in [-0.3, -0.25) is 4.99 Å². The van der Waals surface area contributed by atoms with Gasteiger partial charge < -0.3 is 15.8 Å². The van der Waals surface area contributed by atoms with E-state index >= 15 is 0 Å². The second kappa shape index (κ2) is 7.90. The lowest BCUT2D eigenvalue weighted by Crippen LogP contribution is -2.23. The fourth-order valence-corrected chi connectivity index (χ4v) is 1.91. The summed E-state index contributed by atoms with van der Waals surface area (Å²) in [6.45, 7) is 8.01. The van der Waals surface area contributed by atoms with Crippen LogP contribution in [-0.2, 0) is 11.3 Å². The van der Waals surface area contributed by atoms with Crippen molar-refractivity contribution in [2.24, 2.45) is 16.1 Å². The molecule has 0 saturated heterocycles. The Morgan fingerprint density at radius 1 is 1.30 bits per heavy atom. The van der Waals surface area contributed by atoms with Crippen LogP contribution in [0.2, 0.25) is 0 Å². The lowest BCUT2D eigenvalue weighted by Gasteiger charge is -2.16. The number of hydrogen-bond acceptors (Lipinski definition) is 2. The zero-order valence-electron chi connectivity index (χ0n) is 13.1. The molecule has 1 aromatic carbocycles. The standard InChI is InChI=1S/C16H27N3O/c1-16(2,3)10-7-11-18-15(17)19-14-9-6-5-8-13(14)12-20-4/h5-6,8-9H,7,10-12H2,1-4H3,(H3,17,18,19). The highest BCUT2D eigenvalue weighted by molar-refractivity contribution is 5.92. The van der Waals surface area contributed by atoms with Crippen LogP contribution in [0.4, 0.5) is 5.69 Å². The molecular weight excluding hydrogens is 250 g/mol. The van der Waals surface area contributed by atoms with Crippen LogP contribution >= 0.6 is 0 Å². The number of nitrogens with zero attached hydrogens (tertiary/aromatic N) is 1. The maximum Gasteiger partial charge on any atom is 0.193 e. The maximum atomic E-state index is 5.92. The highest BCUT2D eigenvalue weighted by Gasteiger charge is 2.08. The van der Waals surface area contributed by atoms with Crippen LogP contribution in [0.5, 0.6) is 0 Å². The van der Waals surface area contributed by atoms with Gasteiger partial charge >= 0.3 is 0 Å². The first-order chi connectivity index (χ1) is 9.42. The first kappa shape index (κ1) is 16.5. The summed E-state index contributed by atoms with van der Waals surface area (Å²) in [6, 6.07) is 7.94. The monoisotopic (exact) mass is 277 g/mol. The van der Waals surface area contributed by atoms with E-state index in [4.69, 9.17) is 10.5 Å². The minimum Gasteiger partial charge on any atom is -0.380 e. The van der Waals surface area contributed by atoms with Gasteiger partial charge in [-0.15, -0.1) is 0 Å². The van der Waals surface area contributed by atoms with E-state index in [0.717, 1.165) is 30.6 Å². The van der Waals surface area contributed by atoms with Crippen molar-refractivity contribution in [2.75, 3.05) is 19.0 Å². The van der Waals surface area contributed by atoms with E-state index in [1.807, 2.05) is 24.3 Å². The van der Waals surface area contributed by atoms with E-state index in [2.05, 4.69) is 31.1 Å². The molecule has 0 aliphatic carbocycles. The summed E-state index contributed by atoms with van der Waals surface area (Å²) in [5, 5.41) is 3.14. The highest BCUT2D eigenvalue weighted by atomic mass is 16.5. The second-order valence-corrected chi connectivity index (χ2v) is 6.15. The number of rotatable bonds is 6. The van der Waals surface area contributed by atoms with E-state index in [0.29, 0.717) is 18.0 Å². The van der Waals surface area contributed by atoms with Crippen molar-refractivity contribution in [1.82, 2.24) is 0 Å². The van der Waals surface area contributed by atoms with Gasteiger partial charge in [0.2, 0.25) is 0 Å². The number of para-hydroxylation sites is 1. The number of hydrogen-bond donors (Lipinski definition) is 2. The topological polar surface area (TPSA) is 59.6 Å². The zero-order valence-corrected chi connectivity index (χ0v) is 13.1. The number of aliphatic imine (C=N–C) groups is 1. The van der Waals surface area contributed by atoms with Gasteiger partial charge in [0.15, 0.2) is 5.96 Å². The number of benzene rings is 1. The largest absolute Gasteiger partial charge is 0.380 e. The van der Waals surface area contributed by atoms with E-state index in [1.165, 1.54) is 0 Å². The molecule has 0 unspecified atom stereocenters. The van der Waals surface area contributed by atoms with Gasteiger partial charge in [0, 0.05) is 24.9 Å². The number of anilines is 1. The molecule has 0 saturated carbocycles. The van der Waals surface area contributed by atoms with Crippen LogP contribution in [-0.4, -0.2) is 19.6 Å². The van der Waals surface area contributed by atoms with Crippen LogP contribution in [0, 0.1) is 5.41 Å². The van der Waals surface area contributed by atoms with E-state index in [-0.39, 0.29) is 0 Å². The third kappa shape index (κ3) is 6.57. The summed E-state index contributed by atoms with van der Waals surface area (Å²) in [7, 11) is 1.68. The van der Waals surface area contributed by atoms with Gasteiger partial charge in [-0.25, -0.2) is 0 Å². The van der Waals surface area contributed by atoms with Gasteiger partial charge in [0.25, 0.3) is 0 Å². The van der Waals surface area contributed by atoms with Gasteiger partial charge in [-0.1, -0.05) is 39.0 Å². The van der Waals surface area contributed by atoms with Gasteiger partial charge in [-0.05, 0) is 24.3 Å². The summed E-state index contributed by atoms with van der Waals surface area (Å²) in [5.41, 5.74) is 8.29. The molecule has 0 spiro atoms. The van der Waals surface area contributed by atoms with Crippen LogP contribution < -0.4 is 11.1 Å². The first-order valence-corrected chi connectivity index (χ1v) is 7.06. The SMILES string of the molecule is COCc1ccccc1NC(N)=NCCCC(C)(C)C. The highest BCUT2D eigenvalue weighted by Crippen LogP contribution is 2.20. The maximum absolute atomic E-state index is 5.92. The summed E-state index contributed by atoms with van der Waals surface area (Å²) < 4.78 is 5.17. The van der Waals surface area contributed by atoms with Crippen molar-refractivity contribution < 1.29 is 4.74 Å². The molecule has 0 atom stereocenters.